The van der Waals surface area contributed by atoms with Crippen LogP contribution in [0.15, 0.2) is 91.3 Å². The van der Waals surface area contributed by atoms with Crippen molar-refractivity contribution in [2.24, 2.45) is 0 Å². The van der Waals surface area contributed by atoms with Crippen molar-refractivity contribution in [1.29, 1.82) is 0 Å². The van der Waals surface area contributed by atoms with E-state index >= 15 is 0 Å². The Bertz CT molecular complexity index is 1860. The van der Waals surface area contributed by atoms with Crippen molar-refractivity contribution >= 4 is 22.5 Å². The molecule has 3 heterocycles. The number of carbonyl (C=O) groups is 1. The number of ether oxygens (including phenoxy) is 1. The van der Waals surface area contributed by atoms with Gasteiger partial charge in [0.15, 0.2) is 11.6 Å². The molecule has 0 aliphatic heterocycles. The van der Waals surface area contributed by atoms with E-state index in [1.807, 2.05) is 36.4 Å². The number of ketones is 1. The average molecular weight is 522 g/mol. The maximum Gasteiger partial charge on any atom is 0.214 e. The van der Waals surface area contributed by atoms with Crippen molar-refractivity contribution in [3.8, 4) is 28.4 Å². The molecular weight excluding hydrogens is 500 g/mol. The quantitative estimate of drug-likeness (QED) is 0.240. The van der Waals surface area contributed by atoms with Gasteiger partial charge in [-0.1, -0.05) is 24.3 Å². The standard InChI is InChI=1S/C30H21F2N5O2/c1-17-14-18(39-27-10-5-7-22(31)28(27)32)11-12-26(17)37-30(33)21(16-35-37)29(38)25-15-20-19(6-4-9-24(20)36-25)23-8-2-3-13-34-23/h2-16,36H,33H2,1H3. The fraction of sp³-hybridized carbons (Fsp3) is 0.0333. The van der Waals surface area contributed by atoms with Gasteiger partial charge in [0.2, 0.25) is 11.6 Å². The van der Waals surface area contributed by atoms with E-state index in [-0.39, 0.29) is 22.9 Å². The zero-order chi connectivity index (χ0) is 27.1. The number of hydrogen-bond acceptors (Lipinski definition) is 5. The van der Waals surface area contributed by atoms with Gasteiger partial charge in [0.25, 0.3) is 0 Å². The van der Waals surface area contributed by atoms with Gasteiger partial charge in [0, 0.05) is 22.7 Å². The summed E-state index contributed by atoms with van der Waals surface area (Å²) in [6.07, 6.45) is 3.15. The van der Waals surface area contributed by atoms with E-state index in [2.05, 4.69) is 15.1 Å². The van der Waals surface area contributed by atoms with Crippen LogP contribution in [0.1, 0.15) is 21.6 Å². The fourth-order valence-corrected chi connectivity index (χ4v) is 4.51. The number of benzene rings is 3. The second-order valence-electron chi connectivity index (χ2n) is 8.95. The summed E-state index contributed by atoms with van der Waals surface area (Å²) in [5, 5.41) is 5.22. The molecule has 0 unspecified atom stereocenters. The Kier molecular flexibility index (Phi) is 5.88. The molecule has 3 N–H and O–H groups in total. The van der Waals surface area contributed by atoms with Crippen LogP contribution in [0, 0.1) is 18.6 Å². The number of rotatable bonds is 6. The van der Waals surface area contributed by atoms with Crippen molar-refractivity contribution < 1.29 is 18.3 Å². The molecule has 0 saturated carbocycles. The second kappa shape index (κ2) is 9.53. The Morgan fingerprint density at radius 3 is 2.64 bits per heavy atom. The lowest BCUT2D eigenvalue weighted by molar-refractivity contribution is 0.103. The minimum absolute atomic E-state index is 0.163. The molecule has 9 heteroatoms. The van der Waals surface area contributed by atoms with Crippen LogP contribution >= 0.6 is 0 Å². The predicted octanol–water partition coefficient (Wildman–Crippen LogP) is 6.61. The first kappa shape index (κ1) is 24.1. The zero-order valence-corrected chi connectivity index (χ0v) is 20.7. The van der Waals surface area contributed by atoms with E-state index in [1.54, 1.807) is 37.4 Å². The van der Waals surface area contributed by atoms with Crippen molar-refractivity contribution in [3.63, 3.8) is 0 Å². The van der Waals surface area contributed by atoms with Gasteiger partial charge in [-0.05, 0) is 67.1 Å². The van der Waals surface area contributed by atoms with Crippen LogP contribution in [0.2, 0.25) is 0 Å². The lowest BCUT2D eigenvalue weighted by Gasteiger charge is -2.12. The van der Waals surface area contributed by atoms with Crippen LogP contribution in [0.5, 0.6) is 11.5 Å². The fourth-order valence-electron chi connectivity index (χ4n) is 4.51. The Morgan fingerprint density at radius 1 is 1.00 bits per heavy atom. The highest BCUT2D eigenvalue weighted by atomic mass is 19.2. The molecule has 0 amide bonds. The third kappa shape index (κ3) is 4.29. The number of nitrogen functional groups attached to an aromatic ring is 1. The number of nitrogens with two attached hydrogens (primary N) is 1. The molecule has 3 aromatic carbocycles. The first-order valence-corrected chi connectivity index (χ1v) is 12.0. The van der Waals surface area contributed by atoms with Gasteiger partial charge in [-0.3, -0.25) is 9.78 Å². The first-order valence-electron chi connectivity index (χ1n) is 12.0. The van der Waals surface area contributed by atoms with Crippen LogP contribution in [0.3, 0.4) is 0 Å². The number of aromatic nitrogens is 4. The van der Waals surface area contributed by atoms with Gasteiger partial charge >= 0.3 is 0 Å². The van der Waals surface area contributed by atoms with Gasteiger partial charge in [-0.15, -0.1) is 0 Å². The Morgan fingerprint density at radius 2 is 1.85 bits per heavy atom. The number of pyridine rings is 1. The van der Waals surface area contributed by atoms with Gasteiger partial charge in [0.05, 0.1) is 28.8 Å². The molecule has 192 valence electrons. The minimum Gasteiger partial charge on any atom is -0.454 e. The number of nitrogens with zero attached hydrogens (tertiary/aromatic N) is 3. The average Bonchev–Trinajstić information content (AvgIpc) is 3.55. The Hall–Kier alpha value is -5.31. The maximum atomic E-state index is 14.0. The van der Waals surface area contributed by atoms with Gasteiger partial charge < -0.3 is 15.5 Å². The normalized spacial score (nSPS) is 11.2. The summed E-state index contributed by atoms with van der Waals surface area (Å²) in [7, 11) is 0. The SMILES string of the molecule is Cc1cc(Oc2cccc(F)c2F)ccc1-n1ncc(C(=O)c2cc3c(-c4ccccn4)cccc3[nH]2)c1N. The Labute approximate surface area is 221 Å². The van der Waals surface area contributed by atoms with E-state index in [1.165, 1.54) is 23.0 Å². The van der Waals surface area contributed by atoms with E-state index < -0.39 is 11.6 Å². The molecular formula is C30H21F2N5O2. The summed E-state index contributed by atoms with van der Waals surface area (Å²) < 4.78 is 34.5. The van der Waals surface area contributed by atoms with E-state index in [9.17, 15) is 13.6 Å². The first-order chi connectivity index (χ1) is 18.9. The van der Waals surface area contributed by atoms with E-state index in [4.69, 9.17) is 10.5 Å². The van der Waals surface area contributed by atoms with Gasteiger partial charge in [-0.25, -0.2) is 9.07 Å². The molecule has 0 aliphatic carbocycles. The number of H-pyrrole nitrogens is 1. The number of nitrogens with one attached hydrogen (secondary N) is 1. The van der Waals surface area contributed by atoms with Gasteiger partial charge in [-0.2, -0.15) is 9.49 Å². The third-order valence-electron chi connectivity index (χ3n) is 6.44. The minimum atomic E-state index is -1.07. The number of fused-ring (bicyclic) bond motifs is 1. The number of aromatic amines is 1. The molecule has 39 heavy (non-hydrogen) atoms. The van der Waals surface area contributed by atoms with Crippen LogP contribution in [0.4, 0.5) is 14.6 Å². The third-order valence-corrected chi connectivity index (χ3v) is 6.44. The molecule has 0 bridgehead atoms. The number of hydrogen-bond donors (Lipinski definition) is 2. The molecule has 0 atom stereocenters. The highest BCUT2D eigenvalue weighted by molar-refractivity contribution is 6.13. The Balaban J connectivity index is 1.30. The van der Waals surface area contributed by atoms with Crippen LogP contribution < -0.4 is 10.5 Å². The van der Waals surface area contributed by atoms with E-state index in [0.717, 1.165) is 28.2 Å². The summed E-state index contributed by atoms with van der Waals surface area (Å²) >= 11 is 0. The van der Waals surface area contributed by atoms with Crippen molar-refractivity contribution in [3.05, 3.63) is 120 Å². The number of anilines is 1. The molecule has 7 nitrogen and oxygen atoms in total. The van der Waals surface area contributed by atoms with Crippen LogP contribution in [0.25, 0.3) is 27.8 Å². The highest BCUT2D eigenvalue weighted by Gasteiger charge is 2.21. The maximum absolute atomic E-state index is 14.0. The molecule has 0 saturated heterocycles. The molecule has 0 aliphatic rings. The predicted molar refractivity (Wildman–Crippen MR) is 144 cm³/mol. The molecule has 6 rings (SSSR count). The topological polar surface area (TPSA) is 98.8 Å². The van der Waals surface area contributed by atoms with Crippen molar-refractivity contribution in [2.75, 3.05) is 5.73 Å². The second-order valence-corrected chi connectivity index (χ2v) is 8.95. The molecule has 0 radical (unpaired) electrons. The van der Waals surface area contributed by atoms with E-state index in [0.29, 0.717) is 22.7 Å². The monoisotopic (exact) mass is 521 g/mol. The molecule has 6 aromatic rings. The van der Waals surface area contributed by atoms with Crippen LogP contribution in [-0.2, 0) is 0 Å². The smallest absolute Gasteiger partial charge is 0.214 e. The number of halogens is 2. The number of carbonyl (C=O) groups excluding carboxylic acids is 1. The van der Waals surface area contributed by atoms with Gasteiger partial charge in [0.1, 0.15) is 11.6 Å². The highest BCUT2D eigenvalue weighted by Crippen LogP contribution is 2.31. The summed E-state index contributed by atoms with van der Waals surface area (Å²) in [4.78, 5) is 21.1. The summed E-state index contributed by atoms with van der Waals surface area (Å²) in [6, 6.07) is 21.9. The molecule has 3 aromatic heterocycles. The number of aryl methyl sites for hydroxylation is 1. The summed E-state index contributed by atoms with van der Waals surface area (Å²) in [5.74, 6) is -2.12. The lowest BCUT2D eigenvalue weighted by Crippen LogP contribution is -2.08. The molecule has 0 spiro atoms. The lowest BCUT2D eigenvalue weighted by atomic mass is 10.1. The van der Waals surface area contributed by atoms with Crippen molar-refractivity contribution in [1.82, 2.24) is 19.7 Å². The molecule has 0 fully saturated rings. The summed E-state index contributed by atoms with van der Waals surface area (Å²) in [6.45, 7) is 1.80. The summed E-state index contributed by atoms with van der Waals surface area (Å²) in [5.41, 5.74) is 10.8. The van der Waals surface area contributed by atoms with Crippen LogP contribution in [-0.4, -0.2) is 25.5 Å². The van der Waals surface area contributed by atoms with Crippen molar-refractivity contribution in [2.45, 2.75) is 6.92 Å². The largest absolute Gasteiger partial charge is 0.454 e. The zero-order valence-electron chi connectivity index (χ0n) is 20.7.